The van der Waals surface area contributed by atoms with Gasteiger partial charge in [-0.15, -0.1) is 0 Å². The van der Waals surface area contributed by atoms with Crippen LogP contribution >= 0.6 is 0 Å². The normalized spacial score (nSPS) is 11.0. The molecular formula is C42H26N4. The molecule has 0 aliphatic heterocycles. The Morgan fingerprint density at radius 3 is 1.70 bits per heavy atom. The zero-order valence-corrected chi connectivity index (χ0v) is 24.8. The van der Waals surface area contributed by atoms with Gasteiger partial charge < -0.3 is 0 Å². The largest absolute Gasteiger partial charge is 0.255 e. The minimum atomic E-state index is 0.652. The molecule has 0 saturated heterocycles. The van der Waals surface area contributed by atoms with E-state index in [9.17, 15) is 5.26 Å². The van der Waals surface area contributed by atoms with Crippen LogP contribution in [0.15, 0.2) is 158 Å². The number of hydrogen-bond donors (Lipinski definition) is 0. The molecule has 0 N–H and O–H groups in total. The van der Waals surface area contributed by atoms with Gasteiger partial charge in [-0.05, 0) is 128 Å². The predicted molar refractivity (Wildman–Crippen MR) is 187 cm³/mol. The molecule has 214 valence electrons. The maximum atomic E-state index is 9.55. The van der Waals surface area contributed by atoms with Crippen LogP contribution in [-0.2, 0) is 0 Å². The van der Waals surface area contributed by atoms with E-state index in [0.717, 1.165) is 72.3 Å². The lowest BCUT2D eigenvalue weighted by atomic mass is 9.91. The van der Waals surface area contributed by atoms with E-state index in [2.05, 4.69) is 107 Å². The lowest BCUT2D eigenvalue weighted by Crippen LogP contribution is -1.94. The summed E-state index contributed by atoms with van der Waals surface area (Å²) in [5.74, 6) is 0. The zero-order chi connectivity index (χ0) is 30.9. The fourth-order valence-corrected chi connectivity index (χ4v) is 6.07. The maximum absolute atomic E-state index is 9.55. The van der Waals surface area contributed by atoms with E-state index >= 15 is 0 Å². The fourth-order valence-electron chi connectivity index (χ4n) is 6.07. The van der Waals surface area contributed by atoms with Gasteiger partial charge in [-0.25, -0.2) is 4.98 Å². The number of fused-ring (bicyclic) bond motifs is 2. The summed E-state index contributed by atoms with van der Waals surface area (Å²) >= 11 is 0. The maximum Gasteiger partial charge on any atom is 0.0991 e. The van der Waals surface area contributed by atoms with E-state index in [1.807, 2.05) is 54.6 Å². The Balaban J connectivity index is 1.26. The molecule has 0 atom stereocenters. The quantitative estimate of drug-likeness (QED) is 0.201. The molecule has 8 rings (SSSR count). The third-order valence-corrected chi connectivity index (χ3v) is 8.35. The molecule has 0 aliphatic rings. The van der Waals surface area contributed by atoms with Crippen molar-refractivity contribution >= 4 is 21.5 Å². The molecule has 0 aliphatic carbocycles. The molecule has 0 saturated carbocycles. The first-order valence-corrected chi connectivity index (χ1v) is 15.1. The number of rotatable bonds is 5. The van der Waals surface area contributed by atoms with E-state index in [0.29, 0.717) is 5.56 Å². The molecule has 5 aromatic carbocycles. The second-order valence-corrected chi connectivity index (χ2v) is 11.3. The lowest BCUT2D eigenvalue weighted by Gasteiger charge is -2.13. The SMILES string of the molecule is N#Cc1cccc(-c2cc(-c3ccc4ccc(-c5cc(-c6ccccn6)nc(-c6ccccn6)c5)cc4c3)cc3ccccc23)c1. The molecule has 0 unspecified atom stereocenters. The van der Waals surface area contributed by atoms with E-state index < -0.39 is 0 Å². The smallest absolute Gasteiger partial charge is 0.0991 e. The van der Waals surface area contributed by atoms with E-state index in [1.165, 1.54) is 5.39 Å². The molecule has 4 nitrogen and oxygen atoms in total. The number of nitrogens with zero attached hydrogens (tertiary/aromatic N) is 4. The van der Waals surface area contributed by atoms with Gasteiger partial charge in [0.15, 0.2) is 0 Å². The van der Waals surface area contributed by atoms with Crippen molar-refractivity contribution in [1.29, 1.82) is 5.26 Å². The summed E-state index contributed by atoms with van der Waals surface area (Å²) in [5, 5.41) is 14.2. The third kappa shape index (κ3) is 5.17. The molecule has 0 bridgehead atoms. The average molecular weight is 587 g/mol. The van der Waals surface area contributed by atoms with Gasteiger partial charge in [-0.2, -0.15) is 5.26 Å². The molecular weight excluding hydrogens is 560 g/mol. The van der Waals surface area contributed by atoms with Gasteiger partial charge in [0, 0.05) is 12.4 Å². The Labute approximate surface area is 266 Å². The molecule has 3 heterocycles. The van der Waals surface area contributed by atoms with E-state index in [-0.39, 0.29) is 0 Å². The lowest BCUT2D eigenvalue weighted by molar-refractivity contribution is 1.22. The van der Waals surface area contributed by atoms with E-state index in [1.54, 1.807) is 12.4 Å². The molecule has 0 radical (unpaired) electrons. The fraction of sp³-hybridized carbons (Fsp3) is 0. The minimum Gasteiger partial charge on any atom is -0.255 e. The standard InChI is InChI=1S/C42H26N4/c43-27-28-8-7-10-32(20-28)38-24-35(23-33-9-1-2-11-37(33)38)30-16-14-29-15-17-31(22-34(29)21-30)36-25-41(39-12-3-5-18-44-39)46-42(26-36)40-13-4-6-19-45-40/h1-26H. The van der Waals surface area contributed by atoms with Crippen LogP contribution in [-0.4, -0.2) is 15.0 Å². The summed E-state index contributed by atoms with van der Waals surface area (Å²) < 4.78 is 0. The van der Waals surface area contributed by atoms with Gasteiger partial charge in [0.2, 0.25) is 0 Å². The minimum absolute atomic E-state index is 0.652. The Morgan fingerprint density at radius 2 is 1.04 bits per heavy atom. The summed E-state index contributed by atoms with van der Waals surface area (Å²) in [6.07, 6.45) is 3.58. The molecule has 0 amide bonds. The van der Waals surface area contributed by atoms with Crippen molar-refractivity contribution in [3.8, 4) is 62.2 Å². The number of aromatic nitrogens is 3. The van der Waals surface area contributed by atoms with Crippen molar-refractivity contribution in [2.75, 3.05) is 0 Å². The predicted octanol–water partition coefficient (Wildman–Crippen LogP) is 10.4. The molecule has 46 heavy (non-hydrogen) atoms. The van der Waals surface area contributed by atoms with Crippen LogP contribution in [0.2, 0.25) is 0 Å². The molecule has 3 aromatic heterocycles. The molecule has 4 heteroatoms. The van der Waals surface area contributed by atoms with Crippen molar-refractivity contribution in [2.24, 2.45) is 0 Å². The van der Waals surface area contributed by atoms with Crippen LogP contribution in [0.1, 0.15) is 5.56 Å². The van der Waals surface area contributed by atoms with Crippen LogP contribution in [0, 0.1) is 11.3 Å². The van der Waals surface area contributed by atoms with Gasteiger partial charge in [-0.3, -0.25) is 9.97 Å². The molecule has 0 fully saturated rings. The average Bonchev–Trinajstić information content (AvgIpc) is 3.14. The van der Waals surface area contributed by atoms with Crippen LogP contribution in [0.5, 0.6) is 0 Å². The van der Waals surface area contributed by atoms with E-state index in [4.69, 9.17) is 4.98 Å². The second kappa shape index (κ2) is 11.6. The summed E-state index contributed by atoms with van der Waals surface area (Å²) in [4.78, 5) is 14.1. The van der Waals surface area contributed by atoms with Crippen molar-refractivity contribution in [3.05, 3.63) is 164 Å². The topological polar surface area (TPSA) is 62.5 Å². The van der Waals surface area contributed by atoms with Crippen LogP contribution in [0.4, 0.5) is 0 Å². The van der Waals surface area contributed by atoms with Gasteiger partial charge in [0.05, 0.1) is 34.4 Å². The van der Waals surface area contributed by atoms with Gasteiger partial charge >= 0.3 is 0 Å². The molecule has 8 aromatic rings. The first-order chi connectivity index (χ1) is 22.7. The van der Waals surface area contributed by atoms with Crippen molar-refractivity contribution in [2.45, 2.75) is 0 Å². The van der Waals surface area contributed by atoms with Crippen molar-refractivity contribution < 1.29 is 0 Å². The van der Waals surface area contributed by atoms with Crippen molar-refractivity contribution in [3.63, 3.8) is 0 Å². The van der Waals surface area contributed by atoms with Crippen LogP contribution < -0.4 is 0 Å². The Hall–Kier alpha value is -6.44. The van der Waals surface area contributed by atoms with Gasteiger partial charge in [0.25, 0.3) is 0 Å². The summed E-state index contributed by atoms with van der Waals surface area (Å²) in [6, 6.07) is 52.2. The monoisotopic (exact) mass is 586 g/mol. The summed E-state index contributed by atoms with van der Waals surface area (Å²) in [6.45, 7) is 0. The second-order valence-electron chi connectivity index (χ2n) is 11.3. The third-order valence-electron chi connectivity index (χ3n) is 8.35. The highest BCUT2D eigenvalue weighted by Crippen LogP contribution is 2.37. The first kappa shape index (κ1) is 27.1. The molecule has 0 spiro atoms. The Morgan fingerprint density at radius 1 is 0.413 bits per heavy atom. The highest BCUT2D eigenvalue weighted by molar-refractivity contribution is 6.01. The summed E-state index contributed by atoms with van der Waals surface area (Å²) in [7, 11) is 0. The highest BCUT2D eigenvalue weighted by Gasteiger charge is 2.13. The van der Waals surface area contributed by atoms with Gasteiger partial charge in [0.1, 0.15) is 0 Å². The Bertz CT molecular complexity index is 2370. The van der Waals surface area contributed by atoms with Crippen LogP contribution in [0.25, 0.3) is 77.7 Å². The highest BCUT2D eigenvalue weighted by atomic mass is 14.8. The van der Waals surface area contributed by atoms with Crippen LogP contribution in [0.3, 0.4) is 0 Å². The van der Waals surface area contributed by atoms with Gasteiger partial charge in [-0.1, -0.05) is 72.8 Å². The number of hydrogen-bond acceptors (Lipinski definition) is 4. The first-order valence-electron chi connectivity index (χ1n) is 15.1. The number of pyridine rings is 3. The number of nitriles is 1. The van der Waals surface area contributed by atoms with Crippen molar-refractivity contribution in [1.82, 2.24) is 15.0 Å². The number of benzene rings is 5. The zero-order valence-electron chi connectivity index (χ0n) is 24.8. The Kier molecular flexibility index (Phi) is 6.83. The summed E-state index contributed by atoms with van der Waals surface area (Å²) in [5.41, 5.74) is 10.4.